The van der Waals surface area contributed by atoms with Crippen LogP contribution in [0.1, 0.15) is 92.9 Å². The lowest BCUT2D eigenvalue weighted by Gasteiger charge is -2.33. The summed E-state index contributed by atoms with van der Waals surface area (Å²) in [7, 11) is -3.00. The topological polar surface area (TPSA) is 18.5 Å². The highest BCUT2D eigenvalue weighted by Gasteiger charge is 2.35. The minimum Gasteiger partial charge on any atom is -0.417 e. The fourth-order valence-electron chi connectivity index (χ4n) is 4.54. The molecule has 0 aromatic carbocycles. The molecule has 0 spiro atoms. The highest BCUT2D eigenvalue weighted by Crippen LogP contribution is 2.32. The maximum absolute atomic E-state index is 6.57. The summed E-state index contributed by atoms with van der Waals surface area (Å²) < 4.78 is 13.1. The third-order valence-electron chi connectivity index (χ3n) is 5.56. The van der Waals surface area contributed by atoms with Crippen LogP contribution in [0.5, 0.6) is 0 Å². The van der Waals surface area contributed by atoms with Gasteiger partial charge in [-0.05, 0) is 49.1 Å². The van der Waals surface area contributed by atoms with Gasteiger partial charge in [0.15, 0.2) is 16.6 Å². The Balaban J connectivity index is 4.75. The van der Waals surface area contributed by atoms with Crippen LogP contribution >= 0.6 is 0 Å². The Morgan fingerprint density at radius 1 is 0.423 bits per heavy atom. The predicted molar refractivity (Wildman–Crippen MR) is 123 cm³/mol. The summed E-state index contributed by atoms with van der Waals surface area (Å²) in [5.41, 5.74) is 0. The van der Waals surface area contributed by atoms with Crippen LogP contribution in [0.25, 0.3) is 0 Å². The standard InChI is InChI=1S/C22H50O2Si2/c1-7-15-23-25(17-9-3,18-10-4)21-13-14-22-26(19-11-5,20-12-6)24-16-8-2/h7-22H2,1-6H3. The van der Waals surface area contributed by atoms with Crippen molar-refractivity contribution in [2.24, 2.45) is 0 Å². The Labute approximate surface area is 168 Å². The van der Waals surface area contributed by atoms with Crippen molar-refractivity contribution in [1.29, 1.82) is 0 Å². The van der Waals surface area contributed by atoms with Crippen LogP contribution in [-0.4, -0.2) is 29.8 Å². The molecular weight excluding hydrogens is 352 g/mol. The van der Waals surface area contributed by atoms with Crippen LogP contribution in [0.4, 0.5) is 0 Å². The van der Waals surface area contributed by atoms with Gasteiger partial charge in [0.2, 0.25) is 0 Å². The lowest BCUT2D eigenvalue weighted by molar-refractivity contribution is 0.291. The van der Waals surface area contributed by atoms with Gasteiger partial charge in [-0.1, -0.05) is 80.1 Å². The van der Waals surface area contributed by atoms with Crippen molar-refractivity contribution >= 4 is 16.6 Å². The Morgan fingerprint density at radius 3 is 0.962 bits per heavy atom. The fraction of sp³-hybridized carbons (Fsp3) is 1.00. The van der Waals surface area contributed by atoms with Gasteiger partial charge >= 0.3 is 0 Å². The normalized spacial score (nSPS) is 12.7. The van der Waals surface area contributed by atoms with E-state index >= 15 is 0 Å². The minimum absolute atomic E-state index is 0.982. The summed E-state index contributed by atoms with van der Waals surface area (Å²) in [5.74, 6) is 0. The summed E-state index contributed by atoms with van der Waals surface area (Å²) in [5, 5.41) is 0. The molecule has 0 saturated carbocycles. The van der Waals surface area contributed by atoms with Crippen LogP contribution in [0.15, 0.2) is 0 Å². The Morgan fingerprint density at radius 2 is 0.731 bits per heavy atom. The maximum Gasteiger partial charge on any atom is 0.192 e. The first-order chi connectivity index (χ1) is 12.6. The zero-order valence-electron chi connectivity index (χ0n) is 19.1. The largest absolute Gasteiger partial charge is 0.417 e. The van der Waals surface area contributed by atoms with E-state index in [1.54, 1.807) is 0 Å². The van der Waals surface area contributed by atoms with E-state index in [2.05, 4.69) is 41.5 Å². The average molecular weight is 403 g/mol. The van der Waals surface area contributed by atoms with E-state index in [1.807, 2.05) is 0 Å². The van der Waals surface area contributed by atoms with Crippen LogP contribution in [0, 0.1) is 0 Å². The molecule has 0 radical (unpaired) electrons. The summed E-state index contributed by atoms with van der Waals surface area (Å²) >= 11 is 0. The van der Waals surface area contributed by atoms with Gasteiger partial charge in [0.25, 0.3) is 0 Å². The lowest BCUT2D eigenvalue weighted by atomic mass is 10.4. The molecular formula is C22H50O2Si2. The second kappa shape index (κ2) is 16.3. The summed E-state index contributed by atoms with van der Waals surface area (Å²) in [6.45, 7) is 15.8. The molecule has 0 aliphatic carbocycles. The van der Waals surface area contributed by atoms with Crippen LogP contribution in [0.3, 0.4) is 0 Å². The first-order valence-electron chi connectivity index (χ1n) is 11.8. The number of hydrogen-bond acceptors (Lipinski definition) is 2. The van der Waals surface area contributed by atoms with E-state index in [0.29, 0.717) is 0 Å². The molecule has 0 rings (SSSR count). The molecule has 158 valence electrons. The number of rotatable bonds is 19. The van der Waals surface area contributed by atoms with E-state index in [9.17, 15) is 0 Å². The molecule has 2 nitrogen and oxygen atoms in total. The van der Waals surface area contributed by atoms with E-state index in [0.717, 1.165) is 26.1 Å². The van der Waals surface area contributed by atoms with Gasteiger partial charge in [0.1, 0.15) is 0 Å². The van der Waals surface area contributed by atoms with Gasteiger partial charge in [-0.2, -0.15) is 0 Å². The SMILES string of the molecule is CCCO[Si](CCC)(CCC)CCCC[Si](CCC)(CCC)OCCC. The first kappa shape index (κ1) is 26.4. The van der Waals surface area contributed by atoms with Crippen molar-refractivity contribution in [2.75, 3.05) is 13.2 Å². The average Bonchev–Trinajstić information content (AvgIpc) is 2.63. The molecule has 0 fully saturated rings. The third-order valence-corrected chi connectivity index (χ3v) is 15.4. The third kappa shape index (κ3) is 10.6. The number of hydrogen-bond donors (Lipinski definition) is 0. The molecule has 0 N–H and O–H groups in total. The van der Waals surface area contributed by atoms with Crippen LogP contribution in [0.2, 0.25) is 36.3 Å². The highest BCUT2D eigenvalue weighted by molar-refractivity contribution is 6.74. The lowest BCUT2D eigenvalue weighted by Crippen LogP contribution is -2.39. The maximum atomic E-state index is 6.57. The molecule has 0 heterocycles. The summed E-state index contributed by atoms with van der Waals surface area (Å²) in [6, 6.07) is 8.20. The predicted octanol–water partition coefficient (Wildman–Crippen LogP) is 8.15. The Hall–Kier alpha value is 0.354. The second-order valence-electron chi connectivity index (χ2n) is 8.27. The highest BCUT2D eigenvalue weighted by atomic mass is 28.4. The molecule has 0 saturated heterocycles. The van der Waals surface area contributed by atoms with Crippen molar-refractivity contribution in [3.05, 3.63) is 0 Å². The fourth-order valence-corrected chi connectivity index (χ4v) is 13.6. The first-order valence-corrected chi connectivity index (χ1v) is 16.9. The van der Waals surface area contributed by atoms with Gasteiger partial charge < -0.3 is 8.85 Å². The molecule has 0 aliphatic rings. The minimum atomic E-state index is -1.50. The number of unbranched alkanes of at least 4 members (excludes halogenated alkanes) is 1. The quantitative estimate of drug-likeness (QED) is 0.160. The Bertz CT molecular complexity index is 269. The molecule has 26 heavy (non-hydrogen) atoms. The molecule has 0 atom stereocenters. The van der Waals surface area contributed by atoms with Crippen molar-refractivity contribution in [3.63, 3.8) is 0 Å². The van der Waals surface area contributed by atoms with E-state index < -0.39 is 16.6 Å². The molecule has 4 heteroatoms. The molecule has 0 aromatic rings. The van der Waals surface area contributed by atoms with Crippen molar-refractivity contribution in [2.45, 2.75) is 129 Å². The Kier molecular flexibility index (Phi) is 16.5. The van der Waals surface area contributed by atoms with Gasteiger partial charge in [0, 0.05) is 13.2 Å². The van der Waals surface area contributed by atoms with Gasteiger partial charge in [-0.25, -0.2) is 0 Å². The molecule has 0 aromatic heterocycles. The zero-order chi connectivity index (χ0) is 19.7. The molecule has 0 unspecified atom stereocenters. The van der Waals surface area contributed by atoms with E-state index in [-0.39, 0.29) is 0 Å². The molecule has 0 bridgehead atoms. The summed E-state index contributed by atoms with van der Waals surface area (Å²) in [4.78, 5) is 0. The van der Waals surface area contributed by atoms with Crippen molar-refractivity contribution < 1.29 is 8.85 Å². The molecule has 0 amide bonds. The van der Waals surface area contributed by atoms with Gasteiger partial charge in [-0.3, -0.25) is 0 Å². The van der Waals surface area contributed by atoms with Crippen molar-refractivity contribution in [3.8, 4) is 0 Å². The van der Waals surface area contributed by atoms with Crippen molar-refractivity contribution in [1.82, 2.24) is 0 Å². The van der Waals surface area contributed by atoms with E-state index in [4.69, 9.17) is 8.85 Å². The monoisotopic (exact) mass is 402 g/mol. The summed E-state index contributed by atoms with van der Waals surface area (Å²) in [6.07, 6.45) is 10.2. The van der Waals surface area contributed by atoms with Gasteiger partial charge in [-0.15, -0.1) is 0 Å². The zero-order valence-corrected chi connectivity index (χ0v) is 21.1. The second-order valence-corrected chi connectivity index (χ2v) is 16.6. The molecule has 0 aliphatic heterocycles. The van der Waals surface area contributed by atoms with Crippen LogP contribution < -0.4 is 0 Å². The van der Waals surface area contributed by atoms with Gasteiger partial charge in [0.05, 0.1) is 0 Å². The smallest absolute Gasteiger partial charge is 0.192 e. The van der Waals surface area contributed by atoms with Crippen LogP contribution in [-0.2, 0) is 8.85 Å². The van der Waals surface area contributed by atoms with E-state index in [1.165, 1.54) is 74.8 Å².